The van der Waals surface area contributed by atoms with Crippen LogP contribution in [0.5, 0.6) is 5.75 Å². The van der Waals surface area contributed by atoms with Gasteiger partial charge in [-0.25, -0.2) is 8.42 Å². The van der Waals surface area contributed by atoms with Gasteiger partial charge in [-0.1, -0.05) is 0 Å². The normalized spacial score (nSPS) is 14.4. The number of hydrogen-bond donors (Lipinski definition) is 2. The van der Waals surface area contributed by atoms with E-state index in [4.69, 9.17) is 14.2 Å². The van der Waals surface area contributed by atoms with Crippen molar-refractivity contribution < 1.29 is 32.3 Å². The Labute approximate surface area is 197 Å². The highest BCUT2D eigenvalue weighted by Gasteiger charge is 2.30. The van der Waals surface area contributed by atoms with Gasteiger partial charge in [-0.05, 0) is 24.3 Å². The van der Waals surface area contributed by atoms with Crippen LogP contribution in [0, 0.1) is 10.1 Å². The number of nitrogens with one attached hydrogen (secondary N) is 2. The van der Waals surface area contributed by atoms with Crippen molar-refractivity contribution in [2.45, 2.75) is 4.90 Å². The minimum atomic E-state index is -3.91. The van der Waals surface area contributed by atoms with Crippen LogP contribution in [-0.4, -0.2) is 77.2 Å². The van der Waals surface area contributed by atoms with Gasteiger partial charge >= 0.3 is 0 Å². The van der Waals surface area contributed by atoms with Gasteiger partial charge in [0.15, 0.2) is 0 Å². The van der Waals surface area contributed by atoms with E-state index >= 15 is 0 Å². The van der Waals surface area contributed by atoms with Gasteiger partial charge in [0.2, 0.25) is 10.0 Å². The maximum atomic E-state index is 13.2. The van der Waals surface area contributed by atoms with E-state index in [2.05, 4.69) is 10.6 Å². The summed E-state index contributed by atoms with van der Waals surface area (Å²) in [6.07, 6.45) is 0. The molecule has 2 aromatic carbocycles. The number of anilines is 2. The molecule has 12 nitrogen and oxygen atoms in total. The van der Waals surface area contributed by atoms with E-state index in [0.29, 0.717) is 18.8 Å². The first-order valence-electron chi connectivity index (χ1n) is 10.4. The molecule has 3 rings (SSSR count). The third-order valence-corrected chi connectivity index (χ3v) is 7.01. The third kappa shape index (κ3) is 5.80. The van der Waals surface area contributed by atoms with Crippen LogP contribution in [0.25, 0.3) is 0 Å². The lowest BCUT2D eigenvalue weighted by molar-refractivity contribution is -0.384. The molecule has 1 amide bonds. The molecule has 0 radical (unpaired) electrons. The summed E-state index contributed by atoms with van der Waals surface area (Å²) in [5, 5.41) is 16.8. The van der Waals surface area contributed by atoms with Crippen molar-refractivity contribution in [3.63, 3.8) is 0 Å². The van der Waals surface area contributed by atoms with Crippen molar-refractivity contribution in [2.75, 3.05) is 64.3 Å². The van der Waals surface area contributed by atoms with Crippen LogP contribution < -0.4 is 15.4 Å². The Kier molecular flexibility index (Phi) is 8.39. The van der Waals surface area contributed by atoms with Gasteiger partial charge in [-0.15, -0.1) is 0 Å². The summed E-state index contributed by atoms with van der Waals surface area (Å²) in [4.78, 5) is 23.6. The summed E-state index contributed by atoms with van der Waals surface area (Å²) in [6, 6.07) is 8.10. The third-order valence-electron chi connectivity index (χ3n) is 5.09. The van der Waals surface area contributed by atoms with Crippen molar-refractivity contribution in [1.82, 2.24) is 4.31 Å². The molecule has 0 atom stereocenters. The summed E-state index contributed by atoms with van der Waals surface area (Å²) in [7, 11) is -1.03. The molecule has 13 heteroatoms. The van der Waals surface area contributed by atoms with Gasteiger partial charge in [-0.2, -0.15) is 4.31 Å². The zero-order valence-corrected chi connectivity index (χ0v) is 19.6. The molecule has 1 fully saturated rings. The fourth-order valence-electron chi connectivity index (χ4n) is 3.36. The highest BCUT2D eigenvalue weighted by Crippen LogP contribution is 2.31. The first kappa shape index (κ1) is 25.4. The van der Waals surface area contributed by atoms with E-state index in [-0.39, 0.29) is 53.9 Å². The molecule has 0 bridgehead atoms. The Hall–Kier alpha value is -3.26. The quantitative estimate of drug-likeness (QED) is 0.287. The second kappa shape index (κ2) is 11.2. The van der Waals surface area contributed by atoms with Crippen LogP contribution in [0.4, 0.5) is 17.1 Å². The van der Waals surface area contributed by atoms with Crippen LogP contribution in [-0.2, 0) is 19.5 Å². The van der Waals surface area contributed by atoms with Crippen LogP contribution in [0.1, 0.15) is 10.4 Å². The number of sulfonamides is 1. The fourth-order valence-corrected chi connectivity index (χ4v) is 4.95. The molecule has 1 heterocycles. The molecule has 0 spiro atoms. The maximum absolute atomic E-state index is 13.2. The summed E-state index contributed by atoms with van der Waals surface area (Å²) in [5.41, 5.74) is 0.327. The van der Waals surface area contributed by atoms with E-state index in [1.54, 1.807) is 0 Å². The number of nitro benzene ring substituents is 1. The average molecular weight is 495 g/mol. The zero-order valence-electron chi connectivity index (χ0n) is 18.8. The Morgan fingerprint density at radius 1 is 1.18 bits per heavy atom. The van der Waals surface area contributed by atoms with E-state index < -0.39 is 20.9 Å². The number of carbonyl (C=O) groups is 1. The van der Waals surface area contributed by atoms with Crippen molar-refractivity contribution >= 4 is 33.0 Å². The van der Waals surface area contributed by atoms with Crippen LogP contribution in [0.3, 0.4) is 0 Å². The minimum Gasteiger partial charge on any atom is -0.495 e. The summed E-state index contributed by atoms with van der Waals surface area (Å²) in [6.45, 7) is 1.70. The molecular formula is C21H26N4O8S. The van der Waals surface area contributed by atoms with Gasteiger partial charge in [0.25, 0.3) is 11.6 Å². The second-order valence-corrected chi connectivity index (χ2v) is 9.15. The topological polar surface area (TPSA) is 149 Å². The van der Waals surface area contributed by atoms with Gasteiger partial charge in [0, 0.05) is 50.3 Å². The Balaban J connectivity index is 1.92. The zero-order chi connectivity index (χ0) is 24.7. The Bertz CT molecular complexity index is 1150. The van der Waals surface area contributed by atoms with Gasteiger partial charge in [-0.3, -0.25) is 14.9 Å². The molecule has 34 heavy (non-hydrogen) atoms. The molecule has 1 aliphatic heterocycles. The molecule has 0 saturated carbocycles. The fraction of sp³-hybridized carbons (Fsp3) is 0.381. The van der Waals surface area contributed by atoms with Gasteiger partial charge in [0.1, 0.15) is 10.6 Å². The summed E-state index contributed by atoms with van der Waals surface area (Å²) >= 11 is 0. The van der Waals surface area contributed by atoms with Crippen LogP contribution >= 0.6 is 0 Å². The predicted molar refractivity (Wildman–Crippen MR) is 124 cm³/mol. The van der Waals surface area contributed by atoms with Crippen LogP contribution in [0.15, 0.2) is 41.3 Å². The lowest BCUT2D eigenvalue weighted by Crippen LogP contribution is -2.40. The standard InChI is InChI=1S/C21H26N4O8S/c1-31-10-7-22-18-5-4-16(25(27)28)14-17(18)21(26)23-15-3-6-19(32-2)20(13-15)34(29,30)24-8-11-33-12-9-24/h3-6,13-14,22H,7-12H2,1-2H3,(H,23,26). The van der Waals surface area contributed by atoms with Crippen molar-refractivity contribution in [3.8, 4) is 5.75 Å². The number of carbonyl (C=O) groups excluding carboxylic acids is 1. The SMILES string of the molecule is COCCNc1ccc([N+](=O)[O-])cc1C(=O)Nc1ccc(OC)c(S(=O)(=O)N2CCOCC2)c1. The molecule has 2 N–H and O–H groups in total. The number of nitrogens with zero attached hydrogens (tertiary/aromatic N) is 2. The predicted octanol–water partition coefficient (Wildman–Crippen LogP) is 1.93. The lowest BCUT2D eigenvalue weighted by atomic mass is 10.1. The minimum absolute atomic E-state index is 0.0266. The molecule has 1 saturated heterocycles. The number of non-ortho nitro benzene ring substituents is 1. The molecule has 2 aromatic rings. The number of rotatable bonds is 10. The maximum Gasteiger partial charge on any atom is 0.270 e. The highest BCUT2D eigenvalue weighted by atomic mass is 32.2. The summed E-state index contributed by atoms with van der Waals surface area (Å²) in [5.74, 6) is -0.523. The van der Waals surface area contributed by atoms with Gasteiger partial charge < -0.3 is 24.8 Å². The van der Waals surface area contributed by atoms with Crippen LogP contribution in [0.2, 0.25) is 0 Å². The Morgan fingerprint density at radius 3 is 2.56 bits per heavy atom. The number of methoxy groups -OCH3 is 2. The Morgan fingerprint density at radius 2 is 1.91 bits per heavy atom. The van der Waals surface area contributed by atoms with E-state index in [0.717, 1.165) is 6.07 Å². The molecule has 184 valence electrons. The molecule has 0 unspecified atom stereocenters. The summed E-state index contributed by atoms with van der Waals surface area (Å²) < 4.78 is 43.1. The molecular weight excluding hydrogens is 468 g/mol. The molecule has 1 aliphatic rings. The smallest absolute Gasteiger partial charge is 0.270 e. The van der Waals surface area contributed by atoms with E-state index in [9.17, 15) is 23.3 Å². The highest BCUT2D eigenvalue weighted by molar-refractivity contribution is 7.89. The number of hydrogen-bond acceptors (Lipinski definition) is 9. The first-order chi connectivity index (χ1) is 16.3. The van der Waals surface area contributed by atoms with E-state index in [1.165, 1.54) is 48.9 Å². The number of ether oxygens (including phenoxy) is 3. The average Bonchev–Trinajstić information content (AvgIpc) is 2.84. The monoisotopic (exact) mass is 494 g/mol. The number of morpholine rings is 1. The first-order valence-corrected chi connectivity index (χ1v) is 11.8. The van der Waals surface area contributed by atoms with Crippen molar-refractivity contribution in [1.29, 1.82) is 0 Å². The van der Waals surface area contributed by atoms with Crippen molar-refractivity contribution in [2.24, 2.45) is 0 Å². The second-order valence-electron chi connectivity index (χ2n) is 7.24. The van der Waals surface area contributed by atoms with Gasteiger partial charge in [0.05, 0.1) is 37.4 Å². The number of amides is 1. The van der Waals surface area contributed by atoms with Crippen molar-refractivity contribution in [3.05, 3.63) is 52.1 Å². The lowest BCUT2D eigenvalue weighted by Gasteiger charge is -2.26. The number of nitro groups is 1. The van der Waals surface area contributed by atoms with E-state index in [1.807, 2.05) is 0 Å². The molecule has 0 aromatic heterocycles. The largest absolute Gasteiger partial charge is 0.495 e. The molecule has 0 aliphatic carbocycles. The number of benzene rings is 2.